The number of likely N-dealkylation sites (tertiary alicyclic amines) is 1. The number of rotatable bonds is 5. The summed E-state index contributed by atoms with van der Waals surface area (Å²) in [5.74, 6) is 1.72. The summed E-state index contributed by atoms with van der Waals surface area (Å²) in [6.07, 6.45) is 5.23. The van der Waals surface area contributed by atoms with E-state index >= 15 is 0 Å². The van der Waals surface area contributed by atoms with Crippen LogP contribution in [0.25, 0.3) is 10.9 Å². The molecule has 31 heavy (non-hydrogen) atoms. The number of para-hydroxylation sites is 1. The lowest BCUT2D eigenvalue weighted by Crippen LogP contribution is -2.53. The van der Waals surface area contributed by atoms with E-state index in [1.54, 1.807) is 0 Å². The molecule has 0 bridgehead atoms. The molecule has 1 aliphatic carbocycles. The fourth-order valence-corrected chi connectivity index (χ4v) is 5.38. The lowest BCUT2D eigenvalue weighted by atomic mass is 9.92. The minimum Gasteiger partial charge on any atom is -0.491 e. The molecule has 0 amide bonds. The monoisotopic (exact) mass is 417 g/mol. The summed E-state index contributed by atoms with van der Waals surface area (Å²) < 4.78 is 11.9. The molecule has 1 saturated carbocycles. The van der Waals surface area contributed by atoms with Gasteiger partial charge >= 0.3 is 0 Å². The lowest BCUT2D eigenvalue weighted by Gasteiger charge is -2.44. The van der Waals surface area contributed by atoms with Gasteiger partial charge in [0.25, 0.3) is 0 Å². The first kappa shape index (κ1) is 19.2. The Hall–Kier alpha value is -2.50. The van der Waals surface area contributed by atoms with Crippen LogP contribution in [0.2, 0.25) is 0 Å². The van der Waals surface area contributed by atoms with Crippen LogP contribution in [0.3, 0.4) is 0 Å². The topological polar surface area (TPSA) is 49.5 Å². The minimum absolute atomic E-state index is 0.172. The number of aromatic amines is 1. The van der Waals surface area contributed by atoms with E-state index in [1.807, 2.05) is 7.11 Å². The zero-order chi connectivity index (χ0) is 20.8. The molecular weight excluding hydrogens is 386 g/mol. The second-order valence-electron chi connectivity index (χ2n) is 9.30. The summed E-state index contributed by atoms with van der Waals surface area (Å²) in [5, 5.41) is 5.24. The molecule has 0 spiro atoms. The second-order valence-corrected chi connectivity index (χ2v) is 9.30. The second kappa shape index (κ2) is 7.88. The van der Waals surface area contributed by atoms with E-state index in [0.717, 1.165) is 31.2 Å². The van der Waals surface area contributed by atoms with E-state index in [1.165, 1.54) is 47.1 Å². The average Bonchev–Trinajstić information content (AvgIpc) is 3.58. The van der Waals surface area contributed by atoms with Crippen LogP contribution >= 0.6 is 0 Å². The number of hydrogen-bond donors (Lipinski definition) is 2. The molecule has 3 heterocycles. The number of methoxy groups -OCH3 is 1. The van der Waals surface area contributed by atoms with Gasteiger partial charge in [0, 0.05) is 41.5 Å². The number of nitrogens with one attached hydrogen (secondary N) is 2. The van der Waals surface area contributed by atoms with Crippen LogP contribution in [0.1, 0.15) is 48.9 Å². The molecular formula is C26H31N3O2. The number of ether oxygens (including phenoxy) is 2. The van der Waals surface area contributed by atoms with Crippen molar-refractivity contribution in [3.05, 3.63) is 59.8 Å². The zero-order valence-corrected chi connectivity index (χ0v) is 18.1. The van der Waals surface area contributed by atoms with E-state index in [0.29, 0.717) is 12.7 Å². The summed E-state index contributed by atoms with van der Waals surface area (Å²) in [4.78, 5) is 6.22. The Balaban J connectivity index is 1.36. The summed E-state index contributed by atoms with van der Waals surface area (Å²) in [5.41, 5.74) is 5.05. The van der Waals surface area contributed by atoms with Crippen molar-refractivity contribution in [2.24, 2.45) is 0 Å². The van der Waals surface area contributed by atoms with Crippen LogP contribution in [-0.2, 0) is 4.74 Å². The van der Waals surface area contributed by atoms with Gasteiger partial charge in [-0.3, -0.25) is 4.90 Å². The van der Waals surface area contributed by atoms with Crippen molar-refractivity contribution in [2.45, 2.75) is 49.8 Å². The van der Waals surface area contributed by atoms with Crippen LogP contribution < -0.4 is 10.1 Å². The third-order valence-corrected chi connectivity index (χ3v) is 7.27. The van der Waals surface area contributed by atoms with E-state index in [4.69, 9.17) is 9.47 Å². The summed E-state index contributed by atoms with van der Waals surface area (Å²) in [6.45, 7) is 2.75. The molecule has 2 fully saturated rings. The number of piperidine rings is 1. The molecule has 2 aromatic carbocycles. The quantitative estimate of drug-likeness (QED) is 0.609. The number of H-pyrrole nitrogens is 1. The highest BCUT2D eigenvalue weighted by Crippen LogP contribution is 2.43. The molecule has 1 unspecified atom stereocenters. The van der Waals surface area contributed by atoms with Crippen molar-refractivity contribution in [3.8, 4) is 5.75 Å². The normalized spacial score (nSPS) is 26.4. The van der Waals surface area contributed by atoms with Gasteiger partial charge in [-0.1, -0.05) is 24.3 Å². The highest BCUT2D eigenvalue weighted by molar-refractivity contribution is 5.93. The molecule has 3 aliphatic rings. The zero-order valence-electron chi connectivity index (χ0n) is 18.1. The smallest absolute Gasteiger partial charge is 0.124 e. The molecule has 5 nitrogen and oxygen atoms in total. The van der Waals surface area contributed by atoms with Crippen molar-refractivity contribution in [1.82, 2.24) is 9.88 Å². The number of nitrogens with zero attached hydrogens (tertiary/aromatic N) is 1. The van der Waals surface area contributed by atoms with Gasteiger partial charge in [0.1, 0.15) is 12.4 Å². The van der Waals surface area contributed by atoms with Gasteiger partial charge in [0.05, 0.1) is 18.2 Å². The third kappa shape index (κ3) is 3.60. The Kier molecular flexibility index (Phi) is 4.88. The number of anilines is 1. The maximum atomic E-state index is 6.23. The largest absolute Gasteiger partial charge is 0.491 e. The molecule has 0 radical (unpaired) electrons. The summed E-state index contributed by atoms with van der Waals surface area (Å²) >= 11 is 0. The van der Waals surface area contributed by atoms with Gasteiger partial charge in [-0.05, 0) is 62.4 Å². The Bertz CT molecular complexity index is 1070. The van der Waals surface area contributed by atoms with Crippen molar-refractivity contribution in [2.75, 3.05) is 32.1 Å². The third-order valence-electron chi connectivity index (χ3n) is 7.27. The van der Waals surface area contributed by atoms with Gasteiger partial charge in [-0.25, -0.2) is 0 Å². The van der Waals surface area contributed by atoms with Crippen LogP contribution in [0, 0.1) is 0 Å². The lowest BCUT2D eigenvalue weighted by molar-refractivity contribution is -0.00265. The number of aromatic nitrogens is 1. The Morgan fingerprint density at radius 3 is 2.87 bits per heavy atom. The number of fused-ring (bicyclic) bond motifs is 2. The molecule has 1 aromatic heterocycles. The van der Waals surface area contributed by atoms with E-state index in [-0.39, 0.29) is 12.1 Å². The van der Waals surface area contributed by atoms with Gasteiger partial charge in [-0.2, -0.15) is 0 Å². The van der Waals surface area contributed by atoms with E-state index in [9.17, 15) is 0 Å². The SMILES string of the molecule is CO[C@H]1CCCN(C2COc3ccccc3[C@@H]2Nc2cccc3[nH]c(C4CC4)cc23)C1. The summed E-state index contributed by atoms with van der Waals surface area (Å²) in [7, 11) is 1.83. The van der Waals surface area contributed by atoms with Crippen molar-refractivity contribution in [3.63, 3.8) is 0 Å². The molecule has 3 atom stereocenters. The first-order valence-corrected chi connectivity index (χ1v) is 11.7. The van der Waals surface area contributed by atoms with Gasteiger partial charge in [-0.15, -0.1) is 0 Å². The molecule has 6 rings (SSSR count). The molecule has 3 aromatic rings. The van der Waals surface area contributed by atoms with Crippen LogP contribution in [-0.4, -0.2) is 48.8 Å². The maximum Gasteiger partial charge on any atom is 0.124 e. The highest BCUT2D eigenvalue weighted by atomic mass is 16.5. The van der Waals surface area contributed by atoms with Crippen LogP contribution in [0.4, 0.5) is 5.69 Å². The molecule has 2 aliphatic heterocycles. The number of hydrogen-bond acceptors (Lipinski definition) is 4. The molecule has 2 N–H and O–H groups in total. The fraction of sp³-hybridized carbons (Fsp3) is 0.462. The Morgan fingerprint density at radius 1 is 1.10 bits per heavy atom. The Morgan fingerprint density at radius 2 is 2.00 bits per heavy atom. The van der Waals surface area contributed by atoms with Gasteiger partial charge < -0.3 is 19.8 Å². The van der Waals surface area contributed by atoms with Crippen LogP contribution in [0.5, 0.6) is 5.75 Å². The van der Waals surface area contributed by atoms with E-state index < -0.39 is 0 Å². The van der Waals surface area contributed by atoms with Gasteiger partial charge in [0.2, 0.25) is 0 Å². The first-order valence-electron chi connectivity index (χ1n) is 11.7. The van der Waals surface area contributed by atoms with Crippen LogP contribution in [0.15, 0.2) is 48.5 Å². The van der Waals surface area contributed by atoms with Crippen molar-refractivity contribution >= 4 is 16.6 Å². The molecule has 1 saturated heterocycles. The Labute approximate surface area is 183 Å². The minimum atomic E-state index is 0.172. The van der Waals surface area contributed by atoms with Crippen molar-refractivity contribution < 1.29 is 9.47 Å². The first-order chi connectivity index (χ1) is 15.3. The fourth-order valence-electron chi connectivity index (χ4n) is 5.38. The highest BCUT2D eigenvalue weighted by Gasteiger charge is 2.37. The molecule has 162 valence electrons. The average molecular weight is 418 g/mol. The predicted octanol–water partition coefficient (Wildman–Crippen LogP) is 5.07. The molecule has 5 heteroatoms. The standard InChI is InChI=1S/C26H31N3O2/c1-30-18-6-5-13-29(15-18)24-16-31-25-10-3-2-7-19(25)26(24)28-22-9-4-8-21-20(22)14-23(27-21)17-11-12-17/h2-4,7-10,14,17-18,24,26-28H,5-6,11-13,15-16H2,1H3/t18-,24?,26-/m0/s1. The van der Waals surface area contributed by atoms with E-state index in [2.05, 4.69) is 63.7 Å². The van der Waals surface area contributed by atoms with Gasteiger partial charge in [0.15, 0.2) is 0 Å². The maximum absolute atomic E-state index is 6.23. The van der Waals surface area contributed by atoms with Crippen molar-refractivity contribution in [1.29, 1.82) is 0 Å². The summed E-state index contributed by atoms with van der Waals surface area (Å²) in [6, 6.07) is 17.8. The predicted molar refractivity (Wildman–Crippen MR) is 124 cm³/mol. The number of benzene rings is 2.